The molecule has 1 aromatic heterocycles. The maximum Gasteiger partial charge on any atom is 0.234 e. The van der Waals surface area contributed by atoms with Gasteiger partial charge in [0.15, 0.2) is 0 Å². The molecule has 1 amide bonds. The predicted molar refractivity (Wildman–Crippen MR) is 77.3 cm³/mol. The Labute approximate surface area is 118 Å². The molecule has 0 aromatic carbocycles. The van der Waals surface area contributed by atoms with Crippen LogP contribution in [0.3, 0.4) is 0 Å². The Balaban J connectivity index is 1.86. The average molecular weight is 282 g/mol. The van der Waals surface area contributed by atoms with Gasteiger partial charge in [0.25, 0.3) is 0 Å². The minimum absolute atomic E-state index is 0.0692. The van der Waals surface area contributed by atoms with E-state index in [-0.39, 0.29) is 11.9 Å². The highest BCUT2D eigenvalue weighted by Crippen LogP contribution is 2.32. The molecule has 2 unspecified atom stereocenters. The van der Waals surface area contributed by atoms with Crippen molar-refractivity contribution in [1.29, 1.82) is 0 Å². The topological polar surface area (TPSA) is 41.6 Å². The summed E-state index contributed by atoms with van der Waals surface area (Å²) in [6.07, 6.45) is 2.32. The fourth-order valence-corrected chi connectivity index (χ4v) is 3.36. The normalized spacial score (nSPS) is 21.5. The van der Waals surface area contributed by atoms with Crippen LogP contribution in [0.15, 0.2) is 16.8 Å². The molecule has 106 valence electrons. The molecule has 1 aliphatic heterocycles. The molecular formula is C14H22N2O2S. The first kappa shape index (κ1) is 14.5. The minimum Gasteiger partial charge on any atom is -0.383 e. The van der Waals surface area contributed by atoms with E-state index in [1.54, 1.807) is 18.4 Å². The SMILES string of the molecule is COCC(C)NC(=O)CN1CCCC1c1ccsc1. The molecule has 2 rings (SSSR count). The highest BCUT2D eigenvalue weighted by Gasteiger charge is 2.27. The van der Waals surface area contributed by atoms with E-state index in [0.717, 1.165) is 13.0 Å². The molecule has 1 N–H and O–H groups in total. The van der Waals surface area contributed by atoms with Crippen molar-refractivity contribution in [3.05, 3.63) is 22.4 Å². The first-order valence-electron chi connectivity index (χ1n) is 6.75. The average Bonchev–Trinajstić information content (AvgIpc) is 2.98. The zero-order valence-corrected chi connectivity index (χ0v) is 12.4. The Kier molecular flexibility index (Phi) is 5.36. The molecule has 1 fully saturated rings. The number of carbonyl (C=O) groups excluding carboxylic acids is 1. The van der Waals surface area contributed by atoms with Crippen molar-refractivity contribution < 1.29 is 9.53 Å². The number of methoxy groups -OCH3 is 1. The van der Waals surface area contributed by atoms with E-state index in [2.05, 4.69) is 27.0 Å². The number of ether oxygens (including phenoxy) is 1. The summed E-state index contributed by atoms with van der Waals surface area (Å²) in [5, 5.41) is 7.26. The molecule has 4 nitrogen and oxygen atoms in total. The van der Waals surface area contributed by atoms with Gasteiger partial charge >= 0.3 is 0 Å². The summed E-state index contributed by atoms with van der Waals surface area (Å²) in [4.78, 5) is 14.3. The quantitative estimate of drug-likeness (QED) is 0.868. The van der Waals surface area contributed by atoms with E-state index < -0.39 is 0 Å². The second-order valence-corrected chi connectivity index (χ2v) is 5.89. The lowest BCUT2D eigenvalue weighted by Gasteiger charge is -2.24. The van der Waals surface area contributed by atoms with Gasteiger partial charge in [-0.1, -0.05) is 0 Å². The van der Waals surface area contributed by atoms with Crippen LogP contribution in [0.5, 0.6) is 0 Å². The van der Waals surface area contributed by atoms with Gasteiger partial charge in [0, 0.05) is 19.2 Å². The van der Waals surface area contributed by atoms with Crippen LogP contribution in [0.2, 0.25) is 0 Å². The fraction of sp³-hybridized carbons (Fsp3) is 0.643. The third kappa shape index (κ3) is 4.03. The van der Waals surface area contributed by atoms with Gasteiger partial charge in [0.1, 0.15) is 0 Å². The van der Waals surface area contributed by atoms with Gasteiger partial charge in [0.2, 0.25) is 5.91 Å². The lowest BCUT2D eigenvalue weighted by atomic mass is 10.1. The van der Waals surface area contributed by atoms with Gasteiger partial charge in [-0.2, -0.15) is 11.3 Å². The minimum atomic E-state index is 0.0692. The van der Waals surface area contributed by atoms with Crippen LogP contribution in [0, 0.1) is 0 Å². The van der Waals surface area contributed by atoms with Crippen LogP contribution in [-0.2, 0) is 9.53 Å². The monoisotopic (exact) mass is 282 g/mol. The number of likely N-dealkylation sites (tertiary alicyclic amines) is 1. The first-order valence-corrected chi connectivity index (χ1v) is 7.69. The van der Waals surface area contributed by atoms with Crippen LogP contribution < -0.4 is 5.32 Å². The summed E-state index contributed by atoms with van der Waals surface area (Å²) in [7, 11) is 1.65. The Morgan fingerprint density at radius 2 is 2.53 bits per heavy atom. The third-order valence-corrected chi connectivity index (χ3v) is 4.16. The van der Waals surface area contributed by atoms with Crippen LogP contribution in [0.25, 0.3) is 0 Å². The predicted octanol–water partition coefficient (Wildman–Crippen LogP) is 2.04. The van der Waals surface area contributed by atoms with Gasteiger partial charge in [-0.25, -0.2) is 0 Å². The molecule has 2 atom stereocenters. The molecule has 0 spiro atoms. The van der Waals surface area contributed by atoms with Gasteiger partial charge in [0.05, 0.1) is 13.2 Å². The summed E-state index contributed by atoms with van der Waals surface area (Å²) < 4.78 is 5.03. The highest BCUT2D eigenvalue weighted by molar-refractivity contribution is 7.07. The number of carbonyl (C=O) groups is 1. The van der Waals surface area contributed by atoms with Crippen LogP contribution in [0.1, 0.15) is 31.4 Å². The summed E-state index contributed by atoms with van der Waals surface area (Å²) in [6, 6.07) is 2.65. The summed E-state index contributed by atoms with van der Waals surface area (Å²) >= 11 is 1.72. The number of amides is 1. The van der Waals surface area contributed by atoms with E-state index in [4.69, 9.17) is 4.74 Å². The second-order valence-electron chi connectivity index (χ2n) is 5.11. The number of hydrogen-bond donors (Lipinski definition) is 1. The fourth-order valence-electron chi connectivity index (χ4n) is 2.65. The van der Waals surface area contributed by atoms with Gasteiger partial charge in [-0.05, 0) is 48.7 Å². The lowest BCUT2D eigenvalue weighted by molar-refractivity contribution is -0.123. The Morgan fingerprint density at radius 1 is 1.68 bits per heavy atom. The van der Waals surface area contributed by atoms with Crippen LogP contribution in [-0.4, -0.2) is 43.7 Å². The zero-order chi connectivity index (χ0) is 13.7. The van der Waals surface area contributed by atoms with Crippen molar-refractivity contribution in [2.75, 3.05) is 26.8 Å². The molecule has 2 heterocycles. The van der Waals surface area contributed by atoms with Crippen LogP contribution in [0.4, 0.5) is 0 Å². The summed E-state index contributed by atoms with van der Waals surface area (Å²) in [5.74, 6) is 0.0895. The largest absolute Gasteiger partial charge is 0.383 e. The molecule has 0 saturated carbocycles. The van der Waals surface area contributed by atoms with Gasteiger partial charge < -0.3 is 10.1 Å². The standard InChI is InChI=1S/C14H22N2O2S/c1-11(9-18-2)15-14(17)8-16-6-3-4-13(16)12-5-7-19-10-12/h5,7,10-11,13H,3-4,6,8-9H2,1-2H3,(H,15,17). The molecule has 0 bridgehead atoms. The summed E-state index contributed by atoms with van der Waals surface area (Å²) in [5.41, 5.74) is 1.35. The molecular weight excluding hydrogens is 260 g/mol. The second kappa shape index (κ2) is 7.03. The Bertz CT molecular complexity index is 394. The summed E-state index contributed by atoms with van der Waals surface area (Å²) in [6.45, 7) is 4.00. The maximum atomic E-state index is 12.0. The van der Waals surface area contributed by atoms with Crippen molar-refractivity contribution in [1.82, 2.24) is 10.2 Å². The highest BCUT2D eigenvalue weighted by atomic mass is 32.1. The van der Waals surface area contributed by atoms with Crippen molar-refractivity contribution in [3.8, 4) is 0 Å². The molecule has 19 heavy (non-hydrogen) atoms. The third-order valence-electron chi connectivity index (χ3n) is 3.46. The molecule has 1 saturated heterocycles. The zero-order valence-electron chi connectivity index (χ0n) is 11.6. The van der Waals surface area contributed by atoms with E-state index in [9.17, 15) is 4.79 Å². The number of nitrogens with zero attached hydrogens (tertiary/aromatic N) is 1. The molecule has 0 aliphatic carbocycles. The Morgan fingerprint density at radius 3 is 3.21 bits per heavy atom. The first-order chi connectivity index (χ1) is 9.20. The van der Waals surface area contributed by atoms with Crippen molar-refractivity contribution in [2.24, 2.45) is 0 Å². The molecule has 5 heteroatoms. The van der Waals surface area contributed by atoms with Crippen molar-refractivity contribution in [3.63, 3.8) is 0 Å². The number of thiophene rings is 1. The number of rotatable bonds is 6. The molecule has 1 aliphatic rings. The van der Waals surface area contributed by atoms with Gasteiger partial charge in [-0.3, -0.25) is 9.69 Å². The van der Waals surface area contributed by atoms with Crippen molar-refractivity contribution >= 4 is 17.2 Å². The number of hydrogen-bond acceptors (Lipinski definition) is 4. The lowest BCUT2D eigenvalue weighted by Crippen LogP contribution is -2.42. The van der Waals surface area contributed by atoms with Crippen LogP contribution >= 0.6 is 11.3 Å². The van der Waals surface area contributed by atoms with E-state index in [1.165, 1.54) is 12.0 Å². The smallest absolute Gasteiger partial charge is 0.234 e. The van der Waals surface area contributed by atoms with E-state index >= 15 is 0 Å². The molecule has 1 aromatic rings. The van der Waals surface area contributed by atoms with E-state index in [0.29, 0.717) is 19.2 Å². The van der Waals surface area contributed by atoms with E-state index in [1.807, 2.05) is 6.92 Å². The van der Waals surface area contributed by atoms with Gasteiger partial charge in [-0.15, -0.1) is 0 Å². The van der Waals surface area contributed by atoms with Crippen molar-refractivity contribution in [2.45, 2.75) is 31.8 Å². The maximum absolute atomic E-state index is 12.0. The molecule has 0 radical (unpaired) electrons. The Hall–Kier alpha value is -0.910. The number of nitrogens with one attached hydrogen (secondary N) is 1.